The predicted octanol–water partition coefficient (Wildman–Crippen LogP) is 1.72. The van der Waals surface area contributed by atoms with Crippen molar-refractivity contribution in [3.05, 3.63) is 16.5 Å². The van der Waals surface area contributed by atoms with Crippen molar-refractivity contribution < 1.29 is 4.79 Å². The molecular formula is C11H17BrN4O. The minimum Gasteiger partial charge on any atom is -0.368 e. The van der Waals surface area contributed by atoms with E-state index in [0.717, 1.165) is 6.42 Å². The molecule has 5 nitrogen and oxygen atoms in total. The quantitative estimate of drug-likeness (QED) is 0.812. The lowest BCUT2D eigenvalue weighted by molar-refractivity contribution is -0.119. The van der Waals surface area contributed by atoms with Gasteiger partial charge in [-0.1, -0.05) is 20.8 Å². The standard InChI is InChI=1S/C11H17BrN4O/c1-4-8-14-7(12)5-9(15-8)16-10(6(2)3)11(13)17/h5-6,10H,4H2,1-3H3,(H2,13,17)(H,14,15,16). The SMILES string of the molecule is CCc1nc(Br)cc(NC(C(N)=O)C(C)C)n1. The predicted molar refractivity (Wildman–Crippen MR) is 70.6 cm³/mol. The van der Waals surface area contributed by atoms with Gasteiger partial charge in [0.1, 0.15) is 22.3 Å². The van der Waals surface area contributed by atoms with E-state index in [1.807, 2.05) is 20.8 Å². The number of aromatic nitrogens is 2. The number of aryl methyl sites for hydroxylation is 1. The lowest BCUT2D eigenvalue weighted by Crippen LogP contribution is -2.39. The highest BCUT2D eigenvalue weighted by atomic mass is 79.9. The van der Waals surface area contributed by atoms with Gasteiger partial charge in [0.05, 0.1) is 0 Å². The van der Waals surface area contributed by atoms with Crippen molar-refractivity contribution in [3.8, 4) is 0 Å². The first-order valence-electron chi connectivity index (χ1n) is 5.53. The van der Waals surface area contributed by atoms with Crippen molar-refractivity contribution >= 4 is 27.7 Å². The Morgan fingerprint density at radius 2 is 2.18 bits per heavy atom. The van der Waals surface area contributed by atoms with Crippen LogP contribution in [0.15, 0.2) is 10.7 Å². The summed E-state index contributed by atoms with van der Waals surface area (Å²) in [4.78, 5) is 19.8. The average molecular weight is 301 g/mol. The number of carbonyl (C=O) groups is 1. The molecule has 0 radical (unpaired) electrons. The molecule has 0 spiro atoms. The van der Waals surface area contributed by atoms with Crippen molar-refractivity contribution in [1.29, 1.82) is 0 Å². The number of hydrogen-bond donors (Lipinski definition) is 2. The van der Waals surface area contributed by atoms with Crippen LogP contribution < -0.4 is 11.1 Å². The van der Waals surface area contributed by atoms with Gasteiger partial charge >= 0.3 is 0 Å². The maximum Gasteiger partial charge on any atom is 0.240 e. The average Bonchev–Trinajstić information content (AvgIpc) is 2.24. The molecule has 0 aromatic carbocycles. The van der Waals surface area contributed by atoms with Crippen LogP contribution in [0.25, 0.3) is 0 Å². The van der Waals surface area contributed by atoms with Crippen LogP contribution in [0.1, 0.15) is 26.6 Å². The van der Waals surface area contributed by atoms with Crippen LogP contribution in [-0.4, -0.2) is 21.9 Å². The minimum atomic E-state index is -0.429. The molecule has 1 aromatic rings. The van der Waals surface area contributed by atoms with Crippen molar-refractivity contribution in [1.82, 2.24) is 9.97 Å². The maximum atomic E-state index is 11.3. The number of nitrogens with two attached hydrogens (primary N) is 1. The van der Waals surface area contributed by atoms with Crippen LogP contribution in [-0.2, 0) is 11.2 Å². The molecule has 1 heterocycles. The van der Waals surface area contributed by atoms with Gasteiger partial charge in [-0.3, -0.25) is 4.79 Å². The highest BCUT2D eigenvalue weighted by Crippen LogP contribution is 2.15. The summed E-state index contributed by atoms with van der Waals surface area (Å²) >= 11 is 3.31. The van der Waals surface area contributed by atoms with Gasteiger partial charge in [-0.05, 0) is 21.8 Å². The second-order valence-electron chi connectivity index (χ2n) is 4.11. The topological polar surface area (TPSA) is 80.9 Å². The van der Waals surface area contributed by atoms with Gasteiger partial charge in [-0.25, -0.2) is 9.97 Å². The molecule has 17 heavy (non-hydrogen) atoms. The van der Waals surface area contributed by atoms with E-state index < -0.39 is 6.04 Å². The Balaban J connectivity index is 2.93. The number of hydrogen-bond acceptors (Lipinski definition) is 4. The summed E-state index contributed by atoms with van der Waals surface area (Å²) in [5.74, 6) is 1.05. The molecule has 0 aliphatic carbocycles. The Morgan fingerprint density at radius 1 is 1.53 bits per heavy atom. The zero-order valence-electron chi connectivity index (χ0n) is 10.2. The zero-order chi connectivity index (χ0) is 13.0. The van der Waals surface area contributed by atoms with Crippen LogP contribution in [0.2, 0.25) is 0 Å². The first kappa shape index (κ1) is 13.9. The lowest BCUT2D eigenvalue weighted by atomic mass is 10.0. The lowest BCUT2D eigenvalue weighted by Gasteiger charge is -2.19. The third-order valence-electron chi connectivity index (χ3n) is 2.33. The van der Waals surface area contributed by atoms with Gasteiger partial charge in [0.25, 0.3) is 0 Å². The van der Waals surface area contributed by atoms with E-state index in [0.29, 0.717) is 16.2 Å². The van der Waals surface area contributed by atoms with E-state index in [2.05, 4.69) is 31.2 Å². The van der Waals surface area contributed by atoms with E-state index in [-0.39, 0.29) is 11.8 Å². The highest BCUT2D eigenvalue weighted by Gasteiger charge is 2.19. The maximum absolute atomic E-state index is 11.3. The molecule has 1 aromatic heterocycles. The van der Waals surface area contributed by atoms with E-state index in [9.17, 15) is 4.79 Å². The molecule has 0 bridgehead atoms. The molecule has 0 saturated heterocycles. The third-order valence-corrected chi connectivity index (χ3v) is 2.74. The van der Waals surface area contributed by atoms with Crippen LogP contribution >= 0.6 is 15.9 Å². The monoisotopic (exact) mass is 300 g/mol. The first-order chi connectivity index (χ1) is 7.93. The fraction of sp³-hybridized carbons (Fsp3) is 0.545. The second kappa shape index (κ2) is 5.95. The number of nitrogens with zero attached hydrogens (tertiary/aromatic N) is 2. The normalized spacial score (nSPS) is 12.5. The Bertz CT molecular complexity index is 408. The Labute approximate surface area is 109 Å². The molecule has 94 valence electrons. The van der Waals surface area contributed by atoms with Crippen LogP contribution in [0.4, 0.5) is 5.82 Å². The summed E-state index contributed by atoms with van der Waals surface area (Å²) in [6.45, 7) is 5.83. The van der Waals surface area contributed by atoms with Gasteiger partial charge in [0.2, 0.25) is 5.91 Å². The van der Waals surface area contributed by atoms with Gasteiger partial charge in [-0.2, -0.15) is 0 Å². The number of anilines is 1. The molecule has 0 aliphatic heterocycles. The van der Waals surface area contributed by atoms with Gasteiger partial charge in [0, 0.05) is 12.5 Å². The van der Waals surface area contributed by atoms with Crippen molar-refractivity contribution in [2.45, 2.75) is 33.2 Å². The van der Waals surface area contributed by atoms with Crippen LogP contribution in [0.5, 0.6) is 0 Å². The van der Waals surface area contributed by atoms with Crippen molar-refractivity contribution in [2.75, 3.05) is 5.32 Å². The Hall–Kier alpha value is -1.17. The van der Waals surface area contributed by atoms with Crippen molar-refractivity contribution in [3.63, 3.8) is 0 Å². The molecule has 1 amide bonds. The molecule has 1 atom stereocenters. The molecule has 0 aliphatic rings. The third kappa shape index (κ3) is 3.96. The molecule has 0 saturated carbocycles. The number of carbonyl (C=O) groups excluding carboxylic acids is 1. The number of rotatable bonds is 5. The largest absolute Gasteiger partial charge is 0.368 e. The number of halogens is 1. The second-order valence-corrected chi connectivity index (χ2v) is 4.93. The molecule has 6 heteroatoms. The van der Waals surface area contributed by atoms with Gasteiger partial charge < -0.3 is 11.1 Å². The summed E-state index contributed by atoms with van der Waals surface area (Å²) < 4.78 is 0.693. The number of amides is 1. The minimum absolute atomic E-state index is 0.103. The zero-order valence-corrected chi connectivity index (χ0v) is 11.8. The van der Waals surface area contributed by atoms with Gasteiger partial charge in [-0.15, -0.1) is 0 Å². The molecule has 1 rings (SSSR count). The Morgan fingerprint density at radius 3 is 2.65 bits per heavy atom. The molecule has 1 unspecified atom stereocenters. The number of primary amides is 1. The van der Waals surface area contributed by atoms with E-state index >= 15 is 0 Å². The van der Waals surface area contributed by atoms with E-state index in [1.165, 1.54) is 0 Å². The fourth-order valence-corrected chi connectivity index (χ4v) is 1.84. The summed E-state index contributed by atoms with van der Waals surface area (Å²) in [7, 11) is 0. The van der Waals surface area contributed by atoms with E-state index in [1.54, 1.807) is 6.07 Å². The molecule has 0 fully saturated rings. The summed E-state index contributed by atoms with van der Waals surface area (Å²) in [5.41, 5.74) is 5.34. The summed E-state index contributed by atoms with van der Waals surface area (Å²) in [6, 6.07) is 1.30. The molecule has 3 N–H and O–H groups in total. The van der Waals surface area contributed by atoms with Crippen LogP contribution in [0, 0.1) is 5.92 Å². The number of nitrogens with one attached hydrogen (secondary N) is 1. The molecular weight excluding hydrogens is 284 g/mol. The Kier molecular flexibility index (Phi) is 4.86. The van der Waals surface area contributed by atoms with Crippen molar-refractivity contribution in [2.24, 2.45) is 11.7 Å². The summed E-state index contributed by atoms with van der Waals surface area (Å²) in [5, 5.41) is 3.04. The van der Waals surface area contributed by atoms with E-state index in [4.69, 9.17) is 5.73 Å². The summed E-state index contributed by atoms with van der Waals surface area (Å²) in [6.07, 6.45) is 0.733. The fourth-order valence-electron chi connectivity index (χ4n) is 1.42. The van der Waals surface area contributed by atoms with Gasteiger partial charge in [0.15, 0.2) is 0 Å². The first-order valence-corrected chi connectivity index (χ1v) is 6.32. The van der Waals surface area contributed by atoms with Crippen LogP contribution in [0.3, 0.4) is 0 Å². The highest BCUT2D eigenvalue weighted by molar-refractivity contribution is 9.10. The smallest absolute Gasteiger partial charge is 0.240 e.